The highest BCUT2D eigenvalue weighted by molar-refractivity contribution is 7.92. The maximum Gasteiger partial charge on any atom is 0.417 e. The number of carbonyl (C=O) groups is 1. The van der Waals surface area contributed by atoms with Crippen molar-refractivity contribution in [3.63, 3.8) is 0 Å². The molecule has 0 saturated heterocycles. The molecule has 0 aliphatic rings. The molecule has 3 aromatic heterocycles. The molecule has 0 unspecified atom stereocenters. The molecule has 0 fully saturated rings. The number of hydrogen-bond donors (Lipinski definition) is 2. The summed E-state index contributed by atoms with van der Waals surface area (Å²) in [6.45, 7) is 8.88. The zero-order valence-electron chi connectivity index (χ0n) is 25.7. The number of aromatic nitrogens is 4. The van der Waals surface area contributed by atoms with Gasteiger partial charge in [0.25, 0.3) is 10.0 Å². The number of anilines is 1. The summed E-state index contributed by atoms with van der Waals surface area (Å²) in [6.07, 6.45) is -0.472. The average Bonchev–Trinajstić information content (AvgIpc) is 2.99. The van der Waals surface area contributed by atoms with Crippen molar-refractivity contribution in [3.8, 4) is 23.1 Å². The first-order valence-electron chi connectivity index (χ1n) is 14.0. The van der Waals surface area contributed by atoms with Gasteiger partial charge in [0.2, 0.25) is 0 Å². The van der Waals surface area contributed by atoms with E-state index >= 15 is 0 Å². The number of hydrogen-bond acceptors (Lipinski definition) is 8. The molecule has 0 bridgehead atoms. The predicted octanol–water partition coefficient (Wildman–Crippen LogP) is 6.05. The highest BCUT2D eigenvalue weighted by atomic mass is 32.2. The van der Waals surface area contributed by atoms with Crippen LogP contribution in [0.15, 0.2) is 66.1 Å². The zero-order chi connectivity index (χ0) is 33.7. The second kappa shape index (κ2) is 13.5. The van der Waals surface area contributed by atoms with Crippen LogP contribution in [0.3, 0.4) is 0 Å². The van der Waals surface area contributed by atoms with E-state index < -0.39 is 38.4 Å². The quantitative estimate of drug-likeness (QED) is 0.231. The first-order valence-corrected chi connectivity index (χ1v) is 15.5. The van der Waals surface area contributed by atoms with Crippen LogP contribution >= 0.6 is 0 Å². The number of benzene rings is 1. The molecule has 14 heteroatoms. The van der Waals surface area contributed by atoms with Gasteiger partial charge >= 0.3 is 12.3 Å². The Kier molecular flexibility index (Phi) is 9.96. The lowest BCUT2D eigenvalue weighted by Gasteiger charge is -2.19. The number of sulfonamides is 1. The summed E-state index contributed by atoms with van der Waals surface area (Å²) in [6, 6.07) is 8.83. The molecule has 0 aliphatic carbocycles. The molecule has 240 valence electrons. The zero-order valence-corrected chi connectivity index (χ0v) is 26.5. The Morgan fingerprint density at radius 2 is 1.72 bits per heavy atom. The molecule has 3 heterocycles. The largest absolute Gasteiger partial charge is 0.444 e. The molecule has 4 aromatic rings. The molecule has 1 aromatic carbocycles. The minimum absolute atomic E-state index is 0.0243. The number of alkyl halides is 3. The lowest BCUT2D eigenvalue weighted by molar-refractivity contribution is -0.139. The number of halogens is 3. The Balaban J connectivity index is 1.61. The molecule has 0 spiro atoms. The van der Waals surface area contributed by atoms with Gasteiger partial charge in [-0.3, -0.25) is 14.7 Å². The van der Waals surface area contributed by atoms with Crippen LogP contribution in [-0.4, -0.2) is 40.0 Å². The number of aryl methyl sites for hydroxylation is 2. The van der Waals surface area contributed by atoms with E-state index in [1.54, 1.807) is 39.1 Å². The number of pyridine rings is 2. The Morgan fingerprint density at radius 1 is 0.978 bits per heavy atom. The number of rotatable bonds is 7. The fourth-order valence-corrected chi connectivity index (χ4v) is 5.50. The van der Waals surface area contributed by atoms with Gasteiger partial charge in [-0.05, 0) is 64.4 Å². The standard InChI is InChI=1S/C32H31F3N6O4S/c1-6-26-24(29(40-19-39-26)22-12-13-23(37-17-22)18-38-30(42)45-31(3,4)5)14-11-21-15-27(20(2)36-16-21)41-46(43,44)28-10-8-7-9-25(28)32(33,34)35/h7-10,12-13,15-17,19,41H,6,18H2,1-5H3,(H,38,42). The Hall–Kier alpha value is -5.03. The molecule has 0 radical (unpaired) electrons. The van der Waals surface area contributed by atoms with Gasteiger partial charge in [0.1, 0.15) is 11.9 Å². The Bertz CT molecular complexity index is 1910. The summed E-state index contributed by atoms with van der Waals surface area (Å²) in [7, 11) is -4.62. The number of nitrogens with one attached hydrogen (secondary N) is 2. The van der Waals surface area contributed by atoms with E-state index in [2.05, 4.69) is 41.8 Å². The van der Waals surface area contributed by atoms with Crippen molar-refractivity contribution < 1.29 is 31.1 Å². The SMILES string of the molecule is CCc1ncnc(-c2ccc(CNC(=O)OC(C)(C)C)nc2)c1C#Cc1cnc(C)c(NS(=O)(=O)c2ccccc2C(F)(F)F)c1. The molecule has 0 aliphatic heterocycles. The van der Waals surface area contributed by atoms with E-state index in [1.165, 1.54) is 31.6 Å². The third-order valence-electron chi connectivity index (χ3n) is 6.32. The van der Waals surface area contributed by atoms with Gasteiger partial charge in [-0.1, -0.05) is 30.9 Å². The van der Waals surface area contributed by atoms with Crippen LogP contribution in [0.25, 0.3) is 11.3 Å². The van der Waals surface area contributed by atoms with Crippen LogP contribution in [0.1, 0.15) is 61.5 Å². The molecule has 1 amide bonds. The van der Waals surface area contributed by atoms with Crippen LogP contribution < -0.4 is 10.0 Å². The van der Waals surface area contributed by atoms with Crippen LogP contribution in [0.4, 0.5) is 23.7 Å². The number of carbonyl (C=O) groups excluding carboxylic acids is 1. The van der Waals surface area contributed by atoms with E-state index in [9.17, 15) is 26.4 Å². The van der Waals surface area contributed by atoms with Crippen molar-refractivity contribution in [3.05, 3.63) is 95.0 Å². The Morgan fingerprint density at radius 3 is 2.37 bits per heavy atom. The van der Waals surface area contributed by atoms with E-state index in [0.29, 0.717) is 46.3 Å². The molecule has 4 rings (SSSR count). The van der Waals surface area contributed by atoms with Crippen molar-refractivity contribution >= 4 is 21.8 Å². The number of nitrogens with zero attached hydrogens (tertiary/aromatic N) is 4. The molecule has 0 saturated carbocycles. The van der Waals surface area contributed by atoms with Crippen LogP contribution in [-0.2, 0) is 33.9 Å². The van der Waals surface area contributed by atoms with Gasteiger partial charge in [0, 0.05) is 23.5 Å². The first-order chi connectivity index (χ1) is 21.6. The van der Waals surface area contributed by atoms with Gasteiger partial charge in [-0.15, -0.1) is 0 Å². The van der Waals surface area contributed by atoms with Crippen molar-refractivity contribution in [1.29, 1.82) is 0 Å². The van der Waals surface area contributed by atoms with Gasteiger partial charge in [0.15, 0.2) is 0 Å². The average molecular weight is 653 g/mol. The molecule has 10 nitrogen and oxygen atoms in total. The third-order valence-corrected chi connectivity index (χ3v) is 7.74. The van der Waals surface area contributed by atoms with Crippen LogP contribution in [0.2, 0.25) is 0 Å². The third kappa shape index (κ3) is 8.57. The lowest BCUT2D eigenvalue weighted by Crippen LogP contribution is -2.32. The summed E-state index contributed by atoms with van der Waals surface area (Å²) in [5.74, 6) is 6.00. The maximum atomic E-state index is 13.5. The molecule has 46 heavy (non-hydrogen) atoms. The topological polar surface area (TPSA) is 136 Å². The van der Waals surface area contributed by atoms with Crippen molar-refractivity contribution in [1.82, 2.24) is 25.3 Å². The van der Waals surface area contributed by atoms with Crippen LogP contribution in [0.5, 0.6) is 0 Å². The fraction of sp³-hybridized carbons (Fsp3) is 0.281. The monoisotopic (exact) mass is 652 g/mol. The fourth-order valence-electron chi connectivity index (χ4n) is 4.16. The summed E-state index contributed by atoms with van der Waals surface area (Å²) >= 11 is 0. The van der Waals surface area contributed by atoms with Crippen molar-refractivity contribution in [2.24, 2.45) is 0 Å². The molecule has 0 atom stereocenters. The number of alkyl carbamates (subject to hydrolysis) is 1. The summed E-state index contributed by atoms with van der Waals surface area (Å²) in [4.78, 5) is 28.4. The highest BCUT2D eigenvalue weighted by Crippen LogP contribution is 2.35. The van der Waals surface area contributed by atoms with E-state index in [1.807, 2.05) is 6.92 Å². The number of ether oxygens (including phenoxy) is 1. The molecular weight excluding hydrogens is 621 g/mol. The van der Waals surface area contributed by atoms with Gasteiger partial charge < -0.3 is 10.1 Å². The second-order valence-corrected chi connectivity index (χ2v) is 12.6. The predicted molar refractivity (Wildman–Crippen MR) is 165 cm³/mol. The summed E-state index contributed by atoms with van der Waals surface area (Å²) < 4.78 is 74.1. The van der Waals surface area contributed by atoms with Crippen molar-refractivity contribution in [2.75, 3.05) is 4.72 Å². The van der Waals surface area contributed by atoms with Gasteiger partial charge in [0.05, 0.1) is 51.0 Å². The maximum absolute atomic E-state index is 13.5. The molecular formula is C32H31F3N6O4S. The van der Waals surface area contributed by atoms with E-state index in [-0.39, 0.29) is 17.9 Å². The second-order valence-electron chi connectivity index (χ2n) is 11.0. The van der Waals surface area contributed by atoms with Gasteiger partial charge in [-0.25, -0.2) is 23.2 Å². The van der Waals surface area contributed by atoms with Crippen LogP contribution in [0, 0.1) is 18.8 Å². The summed E-state index contributed by atoms with van der Waals surface area (Å²) in [5, 5.41) is 2.65. The number of amides is 1. The van der Waals surface area contributed by atoms with E-state index in [0.717, 1.165) is 12.1 Å². The molecule has 2 N–H and O–H groups in total. The smallest absolute Gasteiger partial charge is 0.417 e. The normalized spacial score (nSPS) is 11.7. The van der Waals surface area contributed by atoms with Crippen molar-refractivity contribution in [2.45, 2.75) is 64.3 Å². The van der Waals surface area contributed by atoms with E-state index in [4.69, 9.17) is 4.74 Å². The minimum atomic E-state index is -4.87. The first kappa shape index (κ1) is 33.9. The highest BCUT2D eigenvalue weighted by Gasteiger charge is 2.37. The minimum Gasteiger partial charge on any atom is -0.444 e. The van der Waals surface area contributed by atoms with Gasteiger partial charge in [-0.2, -0.15) is 13.2 Å². The Labute approximate surface area is 264 Å². The summed E-state index contributed by atoms with van der Waals surface area (Å²) in [5.41, 5.74) is 1.49. The lowest BCUT2D eigenvalue weighted by atomic mass is 10.0.